The Hall–Kier alpha value is -1.10. The molecule has 0 bridgehead atoms. The van der Waals surface area contributed by atoms with Crippen molar-refractivity contribution in [2.45, 2.75) is 12.8 Å². The molecule has 3 heterocycles. The largest absolute Gasteiger partial charge is 0.375 e. The van der Waals surface area contributed by atoms with Crippen LogP contribution in [0.3, 0.4) is 0 Å². The molecular formula is C10H21N5. The lowest BCUT2D eigenvalue weighted by Gasteiger charge is -1.76. The summed E-state index contributed by atoms with van der Waals surface area (Å²) in [6, 6.07) is 0. The van der Waals surface area contributed by atoms with Gasteiger partial charge in [0.2, 0.25) is 0 Å². The van der Waals surface area contributed by atoms with Crippen molar-refractivity contribution >= 4 is 12.7 Å². The molecule has 3 rings (SSSR count). The van der Waals surface area contributed by atoms with E-state index in [1.165, 1.54) is 25.9 Å². The molecule has 0 aliphatic carbocycles. The van der Waals surface area contributed by atoms with Crippen LogP contribution in [0.2, 0.25) is 0 Å². The van der Waals surface area contributed by atoms with E-state index in [0.29, 0.717) is 0 Å². The first-order chi connectivity index (χ1) is 7.50. The second-order valence-corrected chi connectivity index (χ2v) is 3.44. The zero-order chi connectivity index (χ0) is 10.6. The Kier molecular flexibility index (Phi) is 7.55. The van der Waals surface area contributed by atoms with Gasteiger partial charge in [0.25, 0.3) is 0 Å². The summed E-state index contributed by atoms with van der Waals surface area (Å²) < 4.78 is 0. The SMILES string of the molecule is C1=NCCN1.C1=NCCN1.C1CCNC1. The van der Waals surface area contributed by atoms with Crippen LogP contribution >= 0.6 is 0 Å². The van der Waals surface area contributed by atoms with Gasteiger partial charge >= 0.3 is 0 Å². The van der Waals surface area contributed by atoms with Crippen LogP contribution in [0.4, 0.5) is 0 Å². The molecule has 1 fully saturated rings. The van der Waals surface area contributed by atoms with E-state index in [9.17, 15) is 0 Å². The molecule has 1 saturated heterocycles. The molecular weight excluding hydrogens is 190 g/mol. The number of nitrogens with one attached hydrogen (secondary N) is 3. The third-order valence-electron chi connectivity index (χ3n) is 2.09. The molecule has 0 unspecified atom stereocenters. The molecule has 86 valence electrons. The summed E-state index contributed by atoms with van der Waals surface area (Å²) in [5.41, 5.74) is 0. The molecule has 15 heavy (non-hydrogen) atoms. The average molecular weight is 211 g/mol. The van der Waals surface area contributed by atoms with Gasteiger partial charge in [0.15, 0.2) is 0 Å². The smallest absolute Gasteiger partial charge is 0.0825 e. The second kappa shape index (κ2) is 9.45. The molecule has 5 heteroatoms. The highest BCUT2D eigenvalue weighted by Crippen LogP contribution is 1.90. The van der Waals surface area contributed by atoms with Crippen molar-refractivity contribution in [3.8, 4) is 0 Å². The van der Waals surface area contributed by atoms with Gasteiger partial charge in [0.05, 0.1) is 25.8 Å². The van der Waals surface area contributed by atoms with Crippen molar-refractivity contribution < 1.29 is 0 Å². The summed E-state index contributed by atoms with van der Waals surface area (Å²) in [4.78, 5) is 7.69. The lowest BCUT2D eigenvalue weighted by atomic mass is 10.4. The molecule has 0 amide bonds. The Bertz CT molecular complexity index is 151. The van der Waals surface area contributed by atoms with Gasteiger partial charge in [-0.1, -0.05) is 0 Å². The number of nitrogens with zero attached hydrogens (tertiary/aromatic N) is 2. The molecule has 0 aromatic rings. The van der Waals surface area contributed by atoms with Crippen LogP contribution in [0.1, 0.15) is 12.8 Å². The Balaban J connectivity index is 0.000000112. The van der Waals surface area contributed by atoms with Crippen LogP contribution in [-0.4, -0.2) is 51.9 Å². The van der Waals surface area contributed by atoms with Crippen LogP contribution in [0.15, 0.2) is 9.98 Å². The van der Waals surface area contributed by atoms with E-state index in [1.807, 2.05) is 0 Å². The Morgan fingerprint density at radius 3 is 1.40 bits per heavy atom. The van der Waals surface area contributed by atoms with E-state index in [-0.39, 0.29) is 0 Å². The second-order valence-electron chi connectivity index (χ2n) is 3.44. The number of rotatable bonds is 0. The zero-order valence-corrected chi connectivity index (χ0v) is 9.21. The molecule has 0 spiro atoms. The number of aliphatic imine (C=N–C) groups is 2. The van der Waals surface area contributed by atoms with Crippen molar-refractivity contribution in [1.82, 2.24) is 16.0 Å². The van der Waals surface area contributed by atoms with E-state index < -0.39 is 0 Å². The third kappa shape index (κ3) is 7.93. The van der Waals surface area contributed by atoms with Crippen molar-refractivity contribution in [3.05, 3.63) is 0 Å². The van der Waals surface area contributed by atoms with Crippen LogP contribution in [0.5, 0.6) is 0 Å². The quantitative estimate of drug-likeness (QED) is 0.511. The highest BCUT2D eigenvalue weighted by atomic mass is 15.0. The molecule has 3 aliphatic rings. The summed E-state index contributed by atoms with van der Waals surface area (Å²) in [7, 11) is 0. The molecule has 3 aliphatic heterocycles. The minimum absolute atomic E-state index is 0.958. The Labute approximate surface area is 91.5 Å². The fourth-order valence-electron chi connectivity index (χ4n) is 1.27. The van der Waals surface area contributed by atoms with Gasteiger partial charge in [-0.3, -0.25) is 9.98 Å². The lowest BCUT2D eigenvalue weighted by Crippen LogP contribution is -2.04. The van der Waals surface area contributed by atoms with Gasteiger partial charge in [0.1, 0.15) is 0 Å². The van der Waals surface area contributed by atoms with E-state index in [1.54, 1.807) is 12.7 Å². The highest BCUT2D eigenvalue weighted by Gasteiger charge is 1.93. The average Bonchev–Trinajstić information content (AvgIpc) is 3.09. The fourth-order valence-corrected chi connectivity index (χ4v) is 1.27. The normalized spacial score (nSPS) is 20.8. The van der Waals surface area contributed by atoms with E-state index in [2.05, 4.69) is 25.9 Å². The van der Waals surface area contributed by atoms with E-state index >= 15 is 0 Å². The molecule has 0 radical (unpaired) electrons. The monoisotopic (exact) mass is 211 g/mol. The third-order valence-corrected chi connectivity index (χ3v) is 2.09. The van der Waals surface area contributed by atoms with Crippen LogP contribution in [0.25, 0.3) is 0 Å². The van der Waals surface area contributed by atoms with Crippen molar-refractivity contribution in [1.29, 1.82) is 0 Å². The first-order valence-corrected chi connectivity index (χ1v) is 5.64. The Morgan fingerprint density at radius 1 is 0.733 bits per heavy atom. The highest BCUT2D eigenvalue weighted by molar-refractivity contribution is 5.56. The van der Waals surface area contributed by atoms with Crippen LogP contribution in [0, 0.1) is 0 Å². The molecule has 0 aromatic carbocycles. The van der Waals surface area contributed by atoms with Crippen LogP contribution in [-0.2, 0) is 0 Å². The molecule has 0 saturated carbocycles. The van der Waals surface area contributed by atoms with E-state index in [4.69, 9.17) is 0 Å². The van der Waals surface area contributed by atoms with Crippen molar-refractivity contribution in [3.63, 3.8) is 0 Å². The summed E-state index contributed by atoms with van der Waals surface area (Å²) >= 11 is 0. The molecule has 5 nitrogen and oxygen atoms in total. The number of hydrogen-bond acceptors (Lipinski definition) is 5. The first kappa shape index (κ1) is 12.0. The molecule has 0 atom stereocenters. The predicted molar refractivity (Wildman–Crippen MR) is 64.8 cm³/mol. The summed E-state index contributed by atoms with van der Waals surface area (Å²) in [5, 5.41) is 9.08. The van der Waals surface area contributed by atoms with Crippen LogP contribution < -0.4 is 16.0 Å². The van der Waals surface area contributed by atoms with Gasteiger partial charge < -0.3 is 16.0 Å². The maximum Gasteiger partial charge on any atom is 0.0825 e. The summed E-state index contributed by atoms with van der Waals surface area (Å²) in [6.07, 6.45) is 6.25. The maximum atomic E-state index is 3.85. The van der Waals surface area contributed by atoms with Gasteiger partial charge in [0, 0.05) is 13.1 Å². The predicted octanol–water partition coefficient (Wildman–Crippen LogP) is -0.394. The zero-order valence-electron chi connectivity index (χ0n) is 9.21. The summed E-state index contributed by atoms with van der Waals surface area (Å²) in [5.74, 6) is 0. The number of hydrogen-bond donors (Lipinski definition) is 3. The minimum Gasteiger partial charge on any atom is -0.375 e. The topological polar surface area (TPSA) is 60.8 Å². The first-order valence-electron chi connectivity index (χ1n) is 5.64. The fraction of sp³-hybridized carbons (Fsp3) is 0.800. The van der Waals surface area contributed by atoms with Gasteiger partial charge in [-0.2, -0.15) is 0 Å². The minimum atomic E-state index is 0.958. The molecule has 3 N–H and O–H groups in total. The summed E-state index contributed by atoms with van der Waals surface area (Å²) in [6.45, 7) is 6.47. The maximum absolute atomic E-state index is 3.85. The van der Waals surface area contributed by atoms with Gasteiger partial charge in [-0.15, -0.1) is 0 Å². The van der Waals surface area contributed by atoms with Crippen molar-refractivity contribution in [2.24, 2.45) is 9.98 Å². The molecule has 0 aromatic heterocycles. The van der Waals surface area contributed by atoms with E-state index in [0.717, 1.165) is 26.2 Å². The van der Waals surface area contributed by atoms with Gasteiger partial charge in [-0.25, -0.2) is 0 Å². The standard InChI is InChI=1S/C4H9N.2C3H6N2/c1-2-4-5-3-1;2*1-2-5-3-4-1/h5H,1-4H2;2*3H,1-2H2,(H,4,5). The van der Waals surface area contributed by atoms with Crippen molar-refractivity contribution in [2.75, 3.05) is 39.3 Å². The Morgan fingerprint density at radius 2 is 1.27 bits per heavy atom. The van der Waals surface area contributed by atoms with Gasteiger partial charge in [-0.05, 0) is 25.9 Å². The lowest BCUT2D eigenvalue weighted by molar-refractivity contribution is 0.857.